The summed E-state index contributed by atoms with van der Waals surface area (Å²) in [4.78, 5) is 0. The quantitative estimate of drug-likeness (QED) is 0.895. The zero-order chi connectivity index (χ0) is 14.7. The van der Waals surface area contributed by atoms with Gasteiger partial charge < -0.3 is 11.1 Å². The Morgan fingerprint density at radius 2 is 2.24 bits per heavy atom. The highest BCUT2D eigenvalue weighted by Gasteiger charge is 2.21. The standard InChI is InChI=1S/C18H23FN2/c19-16-7-2-6-15(12-16)14-5-1-4-13(10-14)11-18-17(20)8-3-9-21-18/h1-2,4-7,10,15,17-18,21H,3,8-9,11-12,20H2. The highest BCUT2D eigenvalue weighted by Crippen LogP contribution is 2.29. The Bertz CT molecular complexity index is 550. The second-order valence-corrected chi connectivity index (χ2v) is 6.12. The second kappa shape index (κ2) is 6.54. The van der Waals surface area contributed by atoms with Gasteiger partial charge in [-0.2, -0.15) is 0 Å². The lowest BCUT2D eigenvalue weighted by atomic mass is 9.88. The summed E-state index contributed by atoms with van der Waals surface area (Å²) in [6, 6.07) is 9.10. The molecule has 21 heavy (non-hydrogen) atoms. The Hall–Kier alpha value is -1.45. The van der Waals surface area contributed by atoms with Crippen LogP contribution >= 0.6 is 0 Å². The molecule has 3 unspecified atom stereocenters. The van der Waals surface area contributed by atoms with E-state index in [1.165, 1.54) is 11.1 Å². The molecule has 3 rings (SSSR count). The van der Waals surface area contributed by atoms with Gasteiger partial charge in [0.1, 0.15) is 5.83 Å². The number of hydrogen-bond donors (Lipinski definition) is 2. The molecule has 1 aliphatic carbocycles. The van der Waals surface area contributed by atoms with E-state index < -0.39 is 0 Å². The number of piperidine rings is 1. The minimum Gasteiger partial charge on any atom is -0.326 e. The first-order valence-corrected chi connectivity index (χ1v) is 7.83. The van der Waals surface area contributed by atoms with Crippen LogP contribution in [-0.4, -0.2) is 18.6 Å². The van der Waals surface area contributed by atoms with Crippen LogP contribution in [0.25, 0.3) is 0 Å². The summed E-state index contributed by atoms with van der Waals surface area (Å²) in [5.41, 5.74) is 8.67. The van der Waals surface area contributed by atoms with Crippen molar-refractivity contribution in [2.45, 2.75) is 43.7 Å². The van der Waals surface area contributed by atoms with Gasteiger partial charge in [0.25, 0.3) is 0 Å². The van der Waals surface area contributed by atoms with Crippen molar-refractivity contribution in [2.24, 2.45) is 5.73 Å². The van der Waals surface area contributed by atoms with Crippen molar-refractivity contribution < 1.29 is 4.39 Å². The van der Waals surface area contributed by atoms with E-state index in [4.69, 9.17) is 5.73 Å². The van der Waals surface area contributed by atoms with Crippen LogP contribution in [0.2, 0.25) is 0 Å². The first kappa shape index (κ1) is 14.5. The molecule has 1 heterocycles. The van der Waals surface area contributed by atoms with E-state index in [1.807, 2.05) is 6.08 Å². The number of benzene rings is 1. The third kappa shape index (κ3) is 3.60. The third-order valence-corrected chi connectivity index (χ3v) is 4.51. The van der Waals surface area contributed by atoms with Crippen molar-refractivity contribution >= 4 is 0 Å². The summed E-state index contributed by atoms with van der Waals surface area (Å²) in [5.74, 6) is 0.117. The van der Waals surface area contributed by atoms with Gasteiger partial charge >= 0.3 is 0 Å². The predicted octanol–water partition coefficient (Wildman–Crippen LogP) is 3.21. The van der Waals surface area contributed by atoms with Gasteiger partial charge in [0.2, 0.25) is 0 Å². The van der Waals surface area contributed by atoms with Crippen molar-refractivity contribution in [3.63, 3.8) is 0 Å². The maximum absolute atomic E-state index is 13.4. The van der Waals surface area contributed by atoms with E-state index in [0.717, 1.165) is 25.8 Å². The molecule has 1 aromatic rings. The fourth-order valence-electron chi connectivity index (χ4n) is 3.28. The van der Waals surface area contributed by atoms with Crippen LogP contribution in [0.3, 0.4) is 0 Å². The Labute approximate surface area is 125 Å². The molecule has 2 nitrogen and oxygen atoms in total. The highest BCUT2D eigenvalue weighted by atomic mass is 19.1. The topological polar surface area (TPSA) is 38.0 Å². The molecule has 2 aliphatic rings. The fourth-order valence-corrected chi connectivity index (χ4v) is 3.28. The molecule has 0 amide bonds. The first-order chi connectivity index (χ1) is 10.2. The molecule has 112 valence electrons. The monoisotopic (exact) mass is 286 g/mol. The fraction of sp³-hybridized carbons (Fsp3) is 0.444. The van der Waals surface area contributed by atoms with Gasteiger partial charge in [-0.25, -0.2) is 4.39 Å². The van der Waals surface area contributed by atoms with Crippen molar-refractivity contribution in [2.75, 3.05) is 6.54 Å². The number of halogens is 1. The van der Waals surface area contributed by atoms with Gasteiger partial charge in [-0.1, -0.05) is 36.4 Å². The lowest BCUT2D eigenvalue weighted by molar-refractivity contribution is 0.348. The molecule has 1 saturated heterocycles. The molecular formula is C18H23FN2. The summed E-state index contributed by atoms with van der Waals surface area (Å²) < 4.78 is 13.4. The van der Waals surface area contributed by atoms with Crippen LogP contribution in [0.1, 0.15) is 36.3 Å². The molecule has 1 aromatic carbocycles. The maximum atomic E-state index is 13.4. The molecule has 1 aliphatic heterocycles. The molecule has 3 atom stereocenters. The van der Waals surface area contributed by atoms with Gasteiger partial charge in [0.05, 0.1) is 0 Å². The van der Waals surface area contributed by atoms with Crippen LogP contribution in [0.15, 0.2) is 48.3 Å². The zero-order valence-electron chi connectivity index (χ0n) is 12.3. The molecule has 3 heteroatoms. The number of allylic oxidation sites excluding steroid dienone is 4. The smallest absolute Gasteiger partial charge is 0.101 e. The largest absolute Gasteiger partial charge is 0.326 e. The SMILES string of the molecule is NC1CCCNC1Cc1cccc(C2C=CC=C(F)C2)c1. The van der Waals surface area contributed by atoms with E-state index in [0.29, 0.717) is 12.5 Å². The summed E-state index contributed by atoms with van der Waals surface area (Å²) in [5, 5.41) is 3.52. The van der Waals surface area contributed by atoms with E-state index >= 15 is 0 Å². The Morgan fingerprint density at radius 3 is 3.05 bits per heavy atom. The Morgan fingerprint density at radius 1 is 1.33 bits per heavy atom. The second-order valence-electron chi connectivity index (χ2n) is 6.12. The van der Waals surface area contributed by atoms with Gasteiger partial charge in [-0.05, 0) is 43.0 Å². The number of rotatable bonds is 3. The third-order valence-electron chi connectivity index (χ3n) is 4.51. The van der Waals surface area contributed by atoms with Crippen molar-refractivity contribution in [1.82, 2.24) is 5.32 Å². The first-order valence-electron chi connectivity index (χ1n) is 7.83. The zero-order valence-corrected chi connectivity index (χ0v) is 12.3. The van der Waals surface area contributed by atoms with Crippen LogP contribution < -0.4 is 11.1 Å². The number of nitrogens with two attached hydrogens (primary N) is 1. The Balaban J connectivity index is 1.71. The van der Waals surface area contributed by atoms with Crippen LogP contribution in [0.5, 0.6) is 0 Å². The average Bonchev–Trinajstić information content (AvgIpc) is 2.50. The van der Waals surface area contributed by atoms with Crippen LogP contribution in [0, 0.1) is 0 Å². The maximum Gasteiger partial charge on any atom is 0.101 e. The summed E-state index contributed by atoms with van der Waals surface area (Å²) in [7, 11) is 0. The summed E-state index contributed by atoms with van der Waals surface area (Å²) >= 11 is 0. The molecular weight excluding hydrogens is 263 g/mol. The highest BCUT2D eigenvalue weighted by molar-refractivity contribution is 5.33. The minimum atomic E-state index is -0.0381. The van der Waals surface area contributed by atoms with E-state index in [1.54, 1.807) is 6.08 Å². The lowest BCUT2D eigenvalue weighted by Gasteiger charge is -2.30. The number of hydrogen-bond acceptors (Lipinski definition) is 2. The number of nitrogens with one attached hydrogen (secondary N) is 1. The minimum absolute atomic E-state index is 0.0381. The average molecular weight is 286 g/mol. The van der Waals surface area contributed by atoms with Gasteiger partial charge in [0.15, 0.2) is 0 Å². The van der Waals surface area contributed by atoms with Gasteiger partial charge in [0, 0.05) is 24.4 Å². The summed E-state index contributed by atoms with van der Waals surface area (Å²) in [6.07, 6.45) is 9.12. The summed E-state index contributed by atoms with van der Waals surface area (Å²) in [6.45, 7) is 1.05. The predicted molar refractivity (Wildman–Crippen MR) is 84.8 cm³/mol. The molecule has 0 saturated carbocycles. The van der Waals surface area contributed by atoms with Gasteiger partial charge in [-0.15, -0.1) is 0 Å². The Kier molecular flexibility index (Phi) is 4.51. The van der Waals surface area contributed by atoms with Crippen LogP contribution in [-0.2, 0) is 6.42 Å². The molecule has 0 bridgehead atoms. The lowest BCUT2D eigenvalue weighted by Crippen LogP contribution is -2.50. The van der Waals surface area contributed by atoms with E-state index in [2.05, 4.69) is 35.7 Å². The molecule has 0 radical (unpaired) electrons. The molecule has 0 spiro atoms. The molecule has 3 N–H and O–H groups in total. The molecule has 1 fully saturated rings. The van der Waals surface area contributed by atoms with E-state index in [9.17, 15) is 4.39 Å². The van der Waals surface area contributed by atoms with Crippen molar-refractivity contribution in [3.8, 4) is 0 Å². The van der Waals surface area contributed by atoms with Crippen LogP contribution in [0.4, 0.5) is 4.39 Å². The van der Waals surface area contributed by atoms with Crippen molar-refractivity contribution in [3.05, 3.63) is 59.4 Å². The normalized spacial score (nSPS) is 29.2. The van der Waals surface area contributed by atoms with Gasteiger partial charge in [-0.3, -0.25) is 0 Å². The van der Waals surface area contributed by atoms with Crippen molar-refractivity contribution in [1.29, 1.82) is 0 Å². The molecule has 0 aromatic heterocycles. The van der Waals surface area contributed by atoms with E-state index in [-0.39, 0.29) is 17.8 Å².